The Kier molecular flexibility index (Phi) is 6.23. The second-order valence-electron chi connectivity index (χ2n) is 8.19. The molecule has 0 heterocycles. The highest BCUT2D eigenvalue weighted by atomic mass is 35.5. The van der Waals surface area contributed by atoms with Crippen molar-refractivity contribution < 1.29 is 13.2 Å². The van der Waals surface area contributed by atoms with E-state index in [0.717, 1.165) is 11.1 Å². The number of hydrogen-bond donors (Lipinski definition) is 1. The van der Waals surface area contributed by atoms with E-state index >= 15 is 0 Å². The fourth-order valence-electron chi connectivity index (χ4n) is 3.58. The van der Waals surface area contributed by atoms with Crippen molar-refractivity contribution in [2.75, 3.05) is 5.32 Å². The number of rotatable bonds is 5. The molecule has 1 N–H and O–H groups in total. The van der Waals surface area contributed by atoms with Crippen LogP contribution in [0, 0.1) is 6.92 Å². The highest BCUT2D eigenvalue weighted by Crippen LogP contribution is 2.28. The first-order valence-electron chi connectivity index (χ1n) is 10.5. The topological polar surface area (TPSA) is 75.6 Å². The first kappa shape index (κ1) is 23.0. The van der Waals surface area contributed by atoms with Gasteiger partial charge in [0.15, 0.2) is 0 Å². The van der Waals surface area contributed by atoms with Gasteiger partial charge in [0.1, 0.15) is 0 Å². The highest BCUT2D eigenvalue weighted by molar-refractivity contribution is 7.90. The average molecular weight is 479 g/mol. The van der Waals surface area contributed by atoms with Gasteiger partial charge in [0.05, 0.1) is 16.3 Å². The third-order valence-electron chi connectivity index (χ3n) is 5.51. The van der Waals surface area contributed by atoms with Crippen LogP contribution < -0.4 is 5.32 Å². The predicted octanol–water partition coefficient (Wildman–Crippen LogP) is 6.14. The Balaban J connectivity index is 1.80. The molecule has 0 fully saturated rings. The highest BCUT2D eigenvalue weighted by Gasteiger charge is 2.26. The van der Waals surface area contributed by atoms with Crippen molar-refractivity contribution in [3.63, 3.8) is 0 Å². The van der Waals surface area contributed by atoms with Gasteiger partial charge >= 0.3 is 0 Å². The van der Waals surface area contributed by atoms with E-state index in [9.17, 15) is 13.2 Å². The molecule has 0 aliphatic heterocycles. The second kappa shape index (κ2) is 8.96. The van der Waals surface area contributed by atoms with Gasteiger partial charge in [0.25, 0.3) is 10.0 Å². The van der Waals surface area contributed by atoms with Crippen molar-refractivity contribution >= 4 is 38.8 Å². The molecule has 33 heavy (non-hydrogen) atoms. The zero-order valence-corrected chi connectivity index (χ0v) is 20.0. The minimum Gasteiger partial charge on any atom is -0.352 e. The lowest BCUT2D eigenvalue weighted by molar-refractivity contribution is 0.103. The molecular formula is C26H23ClN2O3S. The van der Waals surface area contributed by atoms with E-state index in [4.69, 9.17) is 11.6 Å². The van der Waals surface area contributed by atoms with Crippen molar-refractivity contribution in [2.24, 2.45) is 4.40 Å². The van der Waals surface area contributed by atoms with E-state index in [0.29, 0.717) is 21.8 Å². The number of benzene rings is 3. The number of allylic oxidation sites excluding steroid dienone is 2. The molecule has 0 atom stereocenters. The van der Waals surface area contributed by atoms with E-state index < -0.39 is 10.0 Å². The van der Waals surface area contributed by atoms with Gasteiger partial charge in [-0.05, 0) is 54.3 Å². The summed E-state index contributed by atoms with van der Waals surface area (Å²) in [4.78, 5) is 13.2. The number of sulfonamides is 1. The standard InChI is InChI=1S/C26H23ClN2O3S/c1-16(2)18-9-12-20(13-10-18)33(31,32)29-24-15-25(26(30)22-7-5-4-6-21(22)24)28-23-14-19(27)11-8-17(23)3/h4-16,28H,1-3H3. The molecule has 3 aromatic rings. The van der Waals surface area contributed by atoms with E-state index in [1.807, 2.05) is 26.8 Å². The summed E-state index contributed by atoms with van der Waals surface area (Å²) in [5.74, 6) is 0.0402. The van der Waals surface area contributed by atoms with Crippen molar-refractivity contribution in [1.29, 1.82) is 0 Å². The number of nitrogens with zero attached hydrogens (tertiary/aromatic N) is 1. The summed E-state index contributed by atoms with van der Waals surface area (Å²) in [6, 6.07) is 18.9. The number of ketones is 1. The van der Waals surface area contributed by atoms with Gasteiger partial charge in [-0.25, -0.2) is 0 Å². The number of fused-ring (bicyclic) bond motifs is 1. The van der Waals surface area contributed by atoms with Gasteiger partial charge in [0.2, 0.25) is 5.78 Å². The molecule has 5 nitrogen and oxygen atoms in total. The molecule has 168 valence electrons. The number of aryl methyl sites for hydroxylation is 1. The zero-order valence-electron chi connectivity index (χ0n) is 18.5. The van der Waals surface area contributed by atoms with Crippen LogP contribution in [0.5, 0.6) is 0 Å². The average Bonchev–Trinajstić information content (AvgIpc) is 2.79. The molecule has 0 aromatic heterocycles. The molecule has 0 radical (unpaired) electrons. The number of halogens is 1. The maximum atomic E-state index is 13.1. The SMILES string of the molecule is Cc1ccc(Cl)cc1NC1=CC(=NS(=O)(=O)c2ccc(C(C)C)cc2)c2ccccc2C1=O. The molecular weight excluding hydrogens is 456 g/mol. The Morgan fingerprint density at radius 1 is 0.939 bits per heavy atom. The van der Waals surface area contributed by atoms with Crippen LogP contribution in [0.1, 0.15) is 46.8 Å². The molecule has 0 saturated carbocycles. The molecule has 0 bridgehead atoms. The van der Waals surface area contributed by atoms with Crippen LogP contribution in [0.4, 0.5) is 5.69 Å². The van der Waals surface area contributed by atoms with E-state index in [1.165, 1.54) is 6.08 Å². The minimum atomic E-state index is -3.99. The monoisotopic (exact) mass is 478 g/mol. The molecule has 3 aromatic carbocycles. The number of carbonyl (C=O) groups excluding carboxylic acids is 1. The Morgan fingerprint density at radius 2 is 1.61 bits per heavy atom. The quantitative estimate of drug-likeness (QED) is 0.477. The van der Waals surface area contributed by atoms with E-state index in [1.54, 1.807) is 60.7 Å². The fraction of sp³-hybridized carbons (Fsp3) is 0.154. The maximum absolute atomic E-state index is 13.1. The second-order valence-corrected chi connectivity index (χ2v) is 10.2. The van der Waals surface area contributed by atoms with Crippen LogP contribution in [0.15, 0.2) is 87.8 Å². The summed E-state index contributed by atoms with van der Waals surface area (Å²) in [6.45, 7) is 5.97. The van der Waals surface area contributed by atoms with E-state index in [2.05, 4.69) is 9.71 Å². The molecule has 7 heteroatoms. The zero-order chi connectivity index (χ0) is 23.8. The maximum Gasteiger partial charge on any atom is 0.282 e. The van der Waals surface area contributed by atoms with Crippen LogP contribution in [-0.2, 0) is 10.0 Å². The van der Waals surface area contributed by atoms with E-state index in [-0.39, 0.29) is 28.0 Å². The first-order chi connectivity index (χ1) is 15.7. The van der Waals surface area contributed by atoms with Gasteiger partial charge < -0.3 is 5.32 Å². The summed E-state index contributed by atoms with van der Waals surface area (Å²) in [7, 11) is -3.99. The lowest BCUT2D eigenvalue weighted by atomic mass is 9.92. The number of nitrogens with one attached hydrogen (secondary N) is 1. The predicted molar refractivity (Wildman–Crippen MR) is 133 cm³/mol. The van der Waals surface area contributed by atoms with Gasteiger partial charge in [-0.3, -0.25) is 4.79 Å². The molecule has 0 spiro atoms. The van der Waals surface area contributed by atoms with Crippen LogP contribution in [0.25, 0.3) is 0 Å². The van der Waals surface area contributed by atoms with Crippen LogP contribution in [0.3, 0.4) is 0 Å². The summed E-state index contributed by atoms with van der Waals surface area (Å²) < 4.78 is 30.3. The van der Waals surface area contributed by atoms with Crippen molar-refractivity contribution in [2.45, 2.75) is 31.6 Å². The van der Waals surface area contributed by atoms with Gasteiger partial charge in [0, 0.05) is 21.8 Å². The fourth-order valence-corrected chi connectivity index (χ4v) is 4.75. The normalized spacial score (nSPS) is 14.9. The third kappa shape index (κ3) is 4.77. The molecule has 0 amide bonds. The number of Topliss-reactive ketones (excluding diaryl/α,β-unsaturated/α-hetero) is 1. The molecule has 1 aliphatic rings. The van der Waals surface area contributed by atoms with Gasteiger partial charge in [-0.1, -0.05) is 67.9 Å². The third-order valence-corrected chi connectivity index (χ3v) is 7.05. The molecule has 0 unspecified atom stereocenters. The Bertz CT molecular complexity index is 1410. The Hall–Kier alpha value is -3.22. The summed E-state index contributed by atoms with van der Waals surface area (Å²) in [6.07, 6.45) is 1.48. The van der Waals surface area contributed by atoms with Crippen LogP contribution >= 0.6 is 11.6 Å². The number of carbonyl (C=O) groups is 1. The largest absolute Gasteiger partial charge is 0.352 e. The molecule has 4 rings (SSSR count). The van der Waals surface area contributed by atoms with Crippen molar-refractivity contribution in [1.82, 2.24) is 0 Å². The minimum absolute atomic E-state index is 0.0994. The van der Waals surface area contributed by atoms with Gasteiger partial charge in [-0.2, -0.15) is 12.8 Å². The van der Waals surface area contributed by atoms with Crippen molar-refractivity contribution in [3.05, 3.63) is 106 Å². The number of hydrogen-bond acceptors (Lipinski definition) is 4. The van der Waals surface area contributed by atoms with Crippen LogP contribution in [-0.4, -0.2) is 19.9 Å². The summed E-state index contributed by atoms with van der Waals surface area (Å²) in [5.41, 5.74) is 3.86. The van der Waals surface area contributed by atoms with Gasteiger partial charge in [-0.15, -0.1) is 0 Å². The lowest BCUT2D eigenvalue weighted by Gasteiger charge is -2.19. The molecule has 1 aliphatic carbocycles. The summed E-state index contributed by atoms with van der Waals surface area (Å²) in [5, 5.41) is 3.63. The Labute approximate surface area is 198 Å². The summed E-state index contributed by atoms with van der Waals surface area (Å²) >= 11 is 6.12. The number of anilines is 1. The lowest BCUT2D eigenvalue weighted by Crippen LogP contribution is -2.23. The first-order valence-corrected chi connectivity index (χ1v) is 12.3. The Morgan fingerprint density at radius 3 is 2.27 bits per heavy atom. The smallest absolute Gasteiger partial charge is 0.282 e. The van der Waals surface area contributed by atoms with Crippen LogP contribution in [0.2, 0.25) is 5.02 Å². The van der Waals surface area contributed by atoms with Crippen molar-refractivity contribution in [3.8, 4) is 0 Å². The molecule has 0 saturated heterocycles.